The Labute approximate surface area is 158 Å². The molecule has 134 valence electrons. The van der Waals surface area contributed by atoms with Crippen LogP contribution in [0.5, 0.6) is 11.5 Å². The molecule has 0 N–H and O–H groups in total. The zero-order valence-corrected chi connectivity index (χ0v) is 15.3. The molecule has 4 rings (SSSR count). The molecule has 0 saturated heterocycles. The van der Waals surface area contributed by atoms with Crippen LogP contribution >= 0.6 is 0 Å². The van der Waals surface area contributed by atoms with Crippen LogP contribution in [0.1, 0.15) is 11.1 Å². The largest absolute Gasteiger partial charge is 0.497 e. The summed E-state index contributed by atoms with van der Waals surface area (Å²) < 4.78 is 10.7. The summed E-state index contributed by atoms with van der Waals surface area (Å²) in [7, 11) is 3.34. The van der Waals surface area contributed by atoms with E-state index in [1.165, 1.54) is 5.56 Å². The Bertz CT molecular complexity index is 1060. The third kappa shape index (κ3) is 3.75. The van der Waals surface area contributed by atoms with E-state index in [0.717, 1.165) is 45.5 Å². The number of benzene rings is 2. The number of methoxy groups -OCH3 is 2. The molecule has 2 heterocycles. The van der Waals surface area contributed by atoms with Crippen molar-refractivity contribution in [1.82, 2.24) is 9.97 Å². The van der Waals surface area contributed by atoms with Gasteiger partial charge >= 0.3 is 0 Å². The summed E-state index contributed by atoms with van der Waals surface area (Å²) in [6.07, 6.45) is 6.30. The smallest absolute Gasteiger partial charge is 0.122 e. The predicted octanol–water partition coefficient (Wildman–Crippen LogP) is 4.90. The zero-order chi connectivity index (χ0) is 18.6. The van der Waals surface area contributed by atoms with E-state index in [0.29, 0.717) is 0 Å². The first-order chi connectivity index (χ1) is 13.2. The fraction of sp³-hybridized carbons (Fsp3) is 0.130. The number of nitrogens with zero attached hydrogens (tertiary/aromatic N) is 2. The SMILES string of the molecule is COc1cc(Cc2ccc3ncc(-c4ccncc4)cc3c2)cc(OC)c1. The van der Waals surface area contributed by atoms with Crippen LogP contribution in [-0.4, -0.2) is 24.2 Å². The van der Waals surface area contributed by atoms with Gasteiger partial charge in [-0.15, -0.1) is 0 Å². The monoisotopic (exact) mass is 356 g/mol. The summed E-state index contributed by atoms with van der Waals surface area (Å²) >= 11 is 0. The number of pyridine rings is 2. The van der Waals surface area contributed by atoms with E-state index in [4.69, 9.17) is 9.47 Å². The van der Waals surface area contributed by atoms with Gasteiger partial charge in [-0.1, -0.05) is 6.07 Å². The van der Waals surface area contributed by atoms with Gasteiger partial charge in [0.15, 0.2) is 0 Å². The lowest BCUT2D eigenvalue weighted by Crippen LogP contribution is -1.93. The predicted molar refractivity (Wildman–Crippen MR) is 107 cm³/mol. The summed E-state index contributed by atoms with van der Waals surface area (Å²) in [4.78, 5) is 8.68. The van der Waals surface area contributed by atoms with Crippen molar-refractivity contribution in [1.29, 1.82) is 0 Å². The Kier molecular flexibility index (Phi) is 4.71. The average Bonchev–Trinajstić information content (AvgIpc) is 2.73. The molecule has 0 amide bonds. The van der Waals surface area contributed by atoms with Gasteiger partial charge in [0.1, 0.15) is 11.5 Å². The van der Waals surface area contributed by atoms with Gasteiger partial charge < -0.3 is 9.47 Å². The highest BCUT2D eigenvalue weighted by Crippen LogP contribution is 2.26. The Morgan fingerprint density at radius 1 is 0.741 bits per heavy atom. The van der Waals surface area contributed by atoms with E-state index in [2.05, 4.69) is 34.2 Å². The number of hydrogen-bond acceptors (Lipinski definition) is 4. The van der Waals surface area contributed by atoms with Gasteiger partial charge in [0, 0.05) is 35.6 Å². The summed E-state index contributed by atoms with van der Waals surface area (Å²) in [5, 5.41) is 1.12. The summed E-state index contributed by atoms with van der Waals surface area (Å²) in [5.74, 6) is 1.60. The number of fused-ring (bicyclic) bond motifs is 1. The number of aromatic nitrogens is 2. The molecule has 2 aromatic carbocycles. The van der Waals surface area contributed by atoms with Crippen LogP contribution in [0, 0.1) is 0 Å². The first kappa shape index (κ1) is 17.0. The minimum atomic E-state index is 0.795. The van der Waals surface area contributed by atoms with Crippen LogP contribution in [0.3, 0.4) is 0 Å². The number of hydrogen-bond donors (Lipinski definition) is 0. The van der Waals surface area contributed by atoms with Crippen molar-refractivity contribution in [2.75, 3.05) is 14.2 Å². The van der Waals surface area contributed by atoms with Crippen LogP contribution in [0.25, 0.3) is 22.0 Å². The molecule has 0 fully saturated rings. The van der Waals surface area contributed by atoms with Crippen molar-refractivity contribution < 1.29 is 9.47 Å². The van der Waals surface area contributed by atoms with E-state index in [9.17, 15) is 0 Å². The van der Waals surface area contributed by atoms with Crippen molar-refractivity contribution in [3.63, 3.8) is 0 Å². The van der Waals surface area contributed by atoms with Gasteiger partial charge in [0.25, 0.3) is 0 Å². The van der Waals surface area contributed by atoms with E-state index in [1.807, 2.05) is 36.5 Å². The lowest BCUT2D eigenvalue weighted by Gasteiger charge is -2.09. The molecule has 0 aliphatic heterocycles. The topological polar surface area (TPSA) is 44.2 Å². The fourth-order valence-corrected chi connectivity index (χ4v) is 3.20. The first-order valence-electron chi connectivity index (χ1n) is 8.76. The maximum absolute atomic E-state index is 5.37. The minimum absolute atomic E-state index is 0.795. The lowest BCUT2D eigenvalue weighted by atomic mass is 10.0. The standard InChI is InChI=1S/C23H20N2O2/c1-26-21-11-17(12-22(14-21)27-2)9-16-3-4-23-19(10-16)13-20(15-25-23)18-5-7-24-8-6-18/h3-8,10-15H,9H2,1-2H3. The van der Waals surface area contributed by atoms with E-state index < -0.39 is 0 Å². The highest BCUT2D eigenvalue weighted by atomic mass is 16.5. The molecule has 0 aliphatic carbocycles. The Morgan fingerprint density at radius 3 is 2.19 bits per heavy atom. The van der Waals surface area contributed by atoms with Gasteiger partial charge in [-0.25, -0.2) is 0 Å². The third-order valence-corrected chi connectivity index (χ3v) is 4.58. The first-order valence-corrected chi connectivity index (χ1v) is 8.76. The molecule has 0 aliphatic rings. The van der Waals surface area contributed by atoms with Crippen LogP contribution in [0.15, 0.2) is 73.2 Å². The minimum Gasteiger partial charge on any atom is -0.497 e. The molecule has 0 unspecified atom stereocenters. The van der Waals surface area contributed by atoms with E-state index in [-0.39, 0.29) is 0 Å². The molecule has 0 radical (unpaired) electrons. The van der Waals surface area contributed by atoms with Gasteiger partial charge in [-0.05, 0) is 65.6 Å². The molecule has 0 saturated carbocycles. The molecule has 2 aromatic heterocycles. The van der Waals surface area contributed by atoms with Crippen molar-refractivity contribution in [3.05, 3.63) is 84.3 Å². The van der Waals surface area contributed by atoms with E-state index >= 15 is 0 Å². The van der Waals surface area contributed by atoms with Gasteiger partial charge in [0.05, 0.1) is 19.7 Å². The zero-order valence-electron chi connectivity index (χ0n) is 15.3. The molecular weight excluding hydrogens is 336 g/mol. The number of ether oxygens (including phenoxy) is 2. The van der Waals surface area contributed by atoms with Gasteiger partial charge in [-0.2, -0.15) is 0 Å². The highest BCUT2D eigenvalue weighted by molar-refractivity contribution is 5.84. The second kappa shape index (κ2) is 7.46. The van der Waals surface area contributed by atoms with Crippen LogP contribution < -0.4 is 9.47 Å². The molecular formula is C23H20N2O2. The second-order valence-electron chi connectivity index (χ2n) is 6.38. The van der Waals surface area contributed by atoms with Crippen molar-refractivity contribution in [2.24, 2.45) is 0 Å². The highest BCUT2D eigenvalue weighted by Gasteiger charge is 2.06. The average molecular weight is 356 g/mol. The molecule has 27 heavy (non-hydrogen) atoms. The van der Waals surface area contributed by atoms with E-state index in [1.54, 1.807) is 26.6 Å². The molecule has 0 spiro atoms. The normalized spacial score (nSPS) is 10.7. The van der Waals surface area contributed by atoms with Crippen LogP contribution in [0.2, 0.25) is 0 Å². The number of rotatable bonds is 5. The summed E-state index contributed by atoms with van der Waals surface area (Å²) in [6.45, 7) is 0. The Hall–Kier alpha value is -3.40. The second-order valence-corrected chi connectivity index (χ2v) is 6.38. The lowest BCUT2D eigenvalue weighted by molar-refractivity contribution is 0.393. The quantitative estimate of drug-likeness (QED) is 0.510. The molecule has 4 aromatic rings. The maximum Gasteiger partial charge on any atom is 0.122 e. The maximum atomic E-state index is 5.37. The van der Waals surface area contributed by atoms with Gasteiger partial charge in [0.2, 0.25) is 0 Å². The Morgan fingerprint density at radius 2 is 1.48 bits per heavy atom. The molecule has 0 bridgehead atoms. The van der Waals surface area contributed by atoms with Gasteiger partial charge in [-0.3, -0.25) is 9.97 Å². The molecule has 0 atom stereocenters. The van der Waals surface area contributed by atoms with Crippen molar-refractivity contribution >= 4 is 10.9 Å². The van der Waals surface area contributed by atoms with Crippen molar-refractivity contribution in [2.45, 2.75) is 6.42 Å². The third-order valence-electron chi connectivity index (χ3n) is 4.58. The fourth-order valence-electron chi connectivity index (χ4n) is 3.20. The van der Waals surface area contributed by atoms with Crippen LogP contribution in [0.4, 0.5) is 0 Å². The summed E-state index contributed by atoms with van der Waals surface area (Å²) in [6, 6.07) is 18.5. The van der Waals surface area contributed by atoms with Crippen LogP contribution in [-0.2, 0) is 6.42 Å². The summed E-state index contributed by atoms with van der Waals surface area (Å²) in [5.41, 5.74) is 5.54. The molecule has 4 nitrogen and oxygen atoms in total. The molecule has 4 heteroatoms. The van der Waals surface area contributed by atoms with Crippen molar-refractivity contribution in [3.8, 4) is 22.6 Å². The Balaban J connectivity index is 1.69.